The summed E-state index contributed by atoms with van der Waals surface area (Å²) < 4.78 is 0. The first-order valence-corrected chi connectivity index (χ1v) is 6.46. The van der Waals surface area contributed by atoms with E-state index in [9.17, 15) is 0 Å². The van der Waals surface area contributed by atoms with Crippen LogP contribution in [0.1, 0.15) is 24.5 Å². The van der Waals surface area contributed by atoms with Crippen molar-refractivity contribution in [2.24, 2.45) is 0 Å². The van der Waals surface area contributed by atoms with E-state index in [4.69, 9.17) is 0 Å². The Balaban J connectivity index is 1.83. The van der Waals surface area contributed by atoms with Crippen molar-refractivity contribution >= 4 is 5.69 Å². The molecule has 18 heavy (non-hydrogen) atoms. The van der Waals surface area contributed by atoms with Gasteiger partial charge in [0, 0.05) is 18.4 Å². The van der Waals surface area contributed by atoms with E-state index in [0.29, 0.717) is 6.04 Å². The van der Waals surface area contributed by atoms with E-state index >= 15 is 0 Å². The van der Waals surface area contributed by atoms with Gasteiger partial charge in [-0.25, -0.2) is 0 Å². The second kappa shape index (κ2) is 6.20. The Bertz CT molecular complexity index is 479. The summed E-state index contributed by atoms with van der Waals surface area (Å²) in [5.74, 6) is 0. The van der Waals surface area contributed by atoms with E-state index in [1.807, 2.05) is 12.3 Å². The Hall–Kier alpha value is -1.83. The number of rotatable bonds is 5. The maximum Gasteiger partial charge on any atom is 0.0528 e. The first kappa shape index (κ1) is 12.6. The van der Waals surface area contributed by atoms with Crippen LogP contribution in [-0.4, -0.2) is 11.0 Å². The van der Waals surface area contributed by atoms with Crippen LogP contribution in [0.2, 0.25) is 0 Å². The number of benzene rings is 1. The first-order chi connectivity index (χ1) is 8.74. The average molecular weight is 240 g/mol. The molecule has 1 N–H and O–H groups in total. The second-order valence-corrected chi connectivity index (χ2v) is 4.81. The molecule has 0 bridgehead atoms. The van der Waals surface area contributed by atoms with Crippen LogP contribution in [0.3, 0.4) is 0 Å². The van der Waals surface area contributed by atoms with Crippen molar-refractivity contribution in [1.82, 2.24) is 4.98 Å². The zero-order valence-corrected chi connectivity index (χ0v) is 11.1. The summed E-state index contributed by atoms with van der Waals surface area (Å²) in [5.41, 5.74) is 3.84. The average Bonchev–Trinajstić information content (AvgIpc) is 2.38. The molecular formula is C16H20N2. The maximum atomic E-state index is 4.11. The van der Waals surface area contributed by atoms with Crippen LogP contribution in [0.15, 0.2) is 48.8 Å². The lowest BCUT2D eigenvalue weighted by Crippen LogP contribution is -2.16. The zero-order chi connectivity index (χ0) is 12.8. The molecule has 2 nitrogen and oxygen atoms in total. The summed E-state index contributed by atoms with van der Waals surface area (Å²) in [6.07, 6.45) is 5.89. The molecule has 0 aliphatic rings. The monoisotopic (exact) mass is 240 g/mol. The Labute approximate surface area is 109 Å². The predicted molar refractivity (Wildman–Crippen MR) is 76.8 cm³/mol. The lowest BCUT2D eigenvalue weighted by atomic mass is 10.0. The lowest BCUT2D eigenvalue weighted by Gasteiger charge is -2.14. The lowest BCUT2D eigenvalue weighted by molar-refractivity contribution is 0.705. The Morgan fingerprint density at radius 1 is 1.22 bits per heavy atom. The summed E-state index contributed by atoms with van der Waals surface area (Å²) in [7, 11) is 0. The highest BCUT2D eigenvalue weighted by Gasteiger charge is 2.02. The molecule has 2 aromatic rings. The number of nitrogens with zero attached hydrogens (tertiary/aromatic N) is 1. The van der Waals surface area contributed by atoms with Crippen molar-refractivity contribution in [1.29, 1.82) is 0 Å². The predicted octanol–water partition coefficient (Wildman–Crippen LogP) is 3.82. The van der Waals surface area contributed by atoms with E-state index in [1.165, 1.54) is 11.1 Å². The number of anilines is 1. The Morgan fingerprint density at radius 3 is 2.83 bits per heavy atom. The minimum atomic E-state index is 0.453. The van der Waals surface area contributed by atoms with Crippen molar-refractivity contribution < 1.29 is 0 Å². The van der Waals surface area contributed by atoms with Gasteiger partial charge >= 0.3 is 0 Å². The second-order valence-electron chi connectivity index (χ2n) is 4.81. The molecule has 0 spiro atoms. The fourth-order valence-corrected chi connectivity index (χ4v) is 2.06. The molecule has 0 fully saturated rings. The van der Waals surface area contributed by atoms with Crippen LogP contribution in [0.25, 0.3) is 0 Å². The largest absolute Gasteiger partial charge is 0.381 e. The van der Waals surface area contributed by atoms with Gasteiger partial charge in [0.2, 0.25) is 0 Å². The van der Waals surface area contributed by atoms with Crippen molar-refractivity contribution in [3.8, 4) is 0 Å². The first-order valence-electron chi connectivity index (χ1n) is 6.46. The van der Waals surface area contributed by atoms with Gasteiger partial charge in [0.05, 0.1) is 5.69 Å². The maximum absolute atomic E-state index is 4.11. The van der Waals surface area contributed by atoms with Crippen LogP contribution in [0.5, 0.6) is 0 Å². The van der Waals surface area contributed by atoms with E-state index in [1.54, 1.807) is 6.20 Å². The number of nitrogens with one attached hydrogen (secondary N) is 1. The quantitative estimate of drug-likeness (QED) is 0.859. The van der Waals surface area contributed by atoms with E-state index in [-0.39, 0.29) is 0 Å². The third kappa shape index (κ3) is 3.88. The highest BCUT2D eigenvalue weighted by atomic mass is 14.9. The number of aromatic nitrogens is 1. The SMILES string of the molecule is Cc1cccc(CCC(C)Nc2cccnc2)c1. The highest BCUT2D eigenvalue weighted by molar-refractivity contribution is 5.40. The zero-order valence-electron chi connectivity index (χ0n) is 11.1. The molecule has 2 rings (SSSR count). The molecule has 0 saturated heterocycles. The summed E-state index contributed by atoms with van der Waals surface area (Å²) in [4.78, 5) is 4.11. The summed E-state index contributed by atoms with van der Waals surface area (Å²) >= 11 is 0. The highest BCUT2D eigenvalue weighted by Crippen LogP contribution is 2.11. The molecule has 0 aliphatic carbocycles. The van der Waals surface area contributed by atoms with E-state index < -0.39 is 0 Å². The van der Waals surface area contributed by atoms with Crippen LogP contribution in [0, 0.1) is 6.92 Å². The van der Waals surface area contributed by atoms with Crippen LogP contribution in [0.4, 0.5) is 5.69 Å². The number of aryl methyl sites for hydroxylation is 2. The number of pyridine rings is 1. The van der Waals surface area contributed by atoms with E-state index in [0.717, 1.165) is 18.5 Å². The molecule has 1 heterocycles. The normalized spacial score (nSPS) is 12.1. The Morgan fingerprint density at radius 2 is 2.11 bits per heavy atom. The van der Waals surface area contributed by atoms with Gasteiger partial charge in [-0.15, -0.1) is 0 Å². The molecule has 0 aliphatic heterocycles. The van der Waals surface area contributed by atoms with Crippen molar-refractivity contribution in [2.75, 3.05) is 5.32 Å². The fraction of sp³-hybridized carbons (Fsp3) is 0.312. The minimum absolute atomic E-state index is 0.453. The van der Waals surface area contributed by atoms with Crippen molar-refractivity contribution in [2.45, 2.75) is 32.7 Å². The van der Waals surface area contributed by atoms with Gasteiger partial charge in [-0.05, 0) is 44.4 Å². The van der Waals surface area contributed by atoms with Gasteiger partial charge in [0.15, 0.2) is 0 Å². The summed E-state index contributed by atoms with van der Waals surface area (Å²) in [6, 6.07) is 13.2. The van der Waals surface area contributed by atoms with Gasteiger partial charge < -0.3 is 5.32 Å². The smallest absolute Gasteiger partial charge is 0.0528 e. The summed E-state index contributed by atoms with van der Waals surface area (Å²) in [6.45, 7) is 4.35. The topological polar surface area (TPSA) is 24.9 Å². The molecule has 94 valence electrons. The third-order valence-corrected chi connectivity index (χ3v) is 3.02. The van der Waals surface area contributed by atoms with Gasteiger partial charge in [-0.3, -0.25) is 4.98 Å². The third-order valence-electron chi connectivity index (χ3n) is 3.02. The molecule has 1 unspecified atom stereocenters. The minimum Gasteiger partial charge on any atom is -0.381 e. The molecule has 2 heteroatoms. The number of hydrogen-bond acceptors (Lipinski definition) is 2. The van der Waals surface area contributed by atoms with Gasteiger partial charge in [0.25, 0.3) is 0 Å². The van der Waals surface area contributed by atoms with Gasteiger partial charge in [0.1, 0.15) is 0 Å². The molecule has 1 atom stereocenters. The van der Waals surface area contributed by atoms with Crippen molar-refractivity contribution in [3.05, 3.63) is 59.9 Å². The molecule has 0 amide bonds. The Kier molecular flexibility index (Phi) is 4.35. The van der Waals surface area contributed by atoms with Crippen LogP contribution < -0.4 is 5.32 Å². The van der Waals surface area contributed by atoms with Gasteiger partial charge in [-0.1, -0.05) is 29.8 Å². The van der Waals surface area contributed by atoms with Crippen LogP contribution >= 0.6 is 0 Å². The molecule has 0 radical (unpaired) electrons. The number of hydrogen-bond donors (Lipinski definition) is 1. The molecule has 0 saturated carbocycles. The standard InChI is InChI=1S/C16H20N2/c1-13-5-3-6-15(11-13)9-8-14(2)18-16-7-4-10-17-12-16/h3-7,10-12,14,18H,8-9H2,1-2H3. The molecular weight excluding hydrogens is 220 g/mol. The van der Waals surface area contributed by atoms with Gasteiger partial charge in [-0.2, -0.15) is 0 Å². The molecule has 1 aromatic carbocycles. The van der Waals surface area contributed by atoms with E-state index in [2.05, 4.69) is 54.5 Å². The van der Waals surface area contributed by atoms with Crippen molar-refractivity contribution in [3.63, 3.8) is 0 Å². The molecule has 1 aromatic heterocycles. The van der Waals surface area contributed by atoms with Crippen LogP contribution in [-0.2, 0) is 6.42 Å². The summed E-state index contributed by atoms with van der Waals surface area (Å²) in [5, 5.41) is 3.46. The fourth-order valence-electron chi connectivity index (χ4n) is 2.06.